The van der Waals surface area contributed by atoms with E-state index in [2.05, 4.69) is 15.2 Å². The van der Waals surface area contributed by atoms with Crippen LogP contribution in [-0.2, 0) is 16.1 Å². The molecule has 1 aliphatic rings. The third-order valence-electron chi connectivity index (χ3n) is 5.02. The molecule has 1 aliphatic heterocycles. The Hall–Kier alpha value is -2.45. The molecule has 0 radical (unpaired) electrons. The summed E-state index contributed by atoms with van der Waals surface area (Å²) in [5.41, 5.74) is 3.94. The van der Waals surface area contributed by atoms with Gasteiger partial charge in [0.1, 0.15) is 5.01 Å². The predicted molar refractivity (Wildman–Crippen MR) is 127 cm³/mol. The third kappa shape index (κ3) is 6.04. The number of nitrogens with one attached hydrogen (secondary N) is 1. The SMILES string of the molecule is CN(CC(=O)Nc1ccc(N2CCOCC2)cc1)Cc1csc(-c2ccc(Cl)cc2)n1. The monoisotopic (exact) mass is 456 g/mol. The molecule has 6 nitrogen and oxygen atoms in total. The second-order valence-electron chi connectivity index (χ2n) is 7.52. The number of amides is 1. The van der Waals surface area contributed by atoms with Gasteiger partial charge in [-0.25, -0.2) is 4.98 Å². The number of ether oxygens (including phenoxy) is 1. The highest BCUT2D eigenvalue weighted by Gasteiger charge is 2.13. The number of thiazole rings is 1. The lowest BCUT2D eigenvalue weighted by Crippen LogP contribution is -2.36. The molecule has 1 N–H and O–H groups in total. The summed E-state index contributed by atoms with van der Waals surface area (Å²) in [6, 6.07) is 15.6. The maximum absolute atomic E-state index is 12.4. The summed E-state index contributed by atoms with van der Waals surface area (Å²) in [6.45, 7) is 4.20. The number of morpholine rings is 1. The molecular formula is C23H25ClN4O2S. The van der Waals surface area contributed by atoms with Crippen molar-refractivity contribution < 1.29 is 9.53 Å². The van der Waals surface area contributed by atoms with E-state index in [0.29, 0.717) is 18.1 Å². The number of rotatable bonds is 7. The van der Waals surface area contributed by atoms with E-state index in [0.717, 1.165) is 53.9 Å². The number of anilines is 2. The van der Waals surface area contributed by atoms with E-state index >= 15 is 0 Å². The van der Waals surface area contributed by atoms with Crippen LogP contribution in [-0.4, -0.2) is 55.7 Å². The van der Waals surface area contributed by atoms with Crippen LogP contribution in [0.25, 0.3) is 10.6 Å². The molecule has 0 bridgehead atoms. The molecule has 162 valence electrons. The zero-order valence-electron chi connectivity index (χ0n) is 17.4. The van der Waals surface area contributed by atoms with Gasteiger partial charge in [0.15, 0.2) is 0 Å². The fraction of sp³-hybridized carbons (Fsp3) is 0.304. The Labute approximate surface area is 191 Å². The lowest BCUT2D eigenvalue weighted by molar-refractivity contribution is -0.117. The summed E-state index contributed by atoms with van der Waals surface area (Å²) in [6.07, 6.45) is 0. The molecule has 2 heterocycles. The Balaban J connectivity index is 1.27. The number of aromatic nitrogens is 1. The molecule has 1 fully saturated rings. The van der Waals surface area contributed by atoms with E-state index in [1.165, 1.54) is 0 Å². The highest BCUT2D eigenvalue weighted by molar-refractivity contribution is 7.13. The largest absolute Gasteiger partial charge is 0.378 e. The van der Waals surface area contributed by atoms with Crippen LogP contribution in [0.5, 0.6) is 0 Å². The fourth-order valence-corrected chi connectivity index (χ4v) is 4.40. The minimum Gasteiger partial charge on any atom is -0.378 e. The van der Waals surface area contributed by atoms with Crippen LogP contribution in [0, 0.1) is 0 Å². The quantitative estimate of drug-likeness (QED) is 0.572. The van der Waals surface area contributed by atoms with Gasteiger partial charge in [-0.1, -0.05) is 23.7 Å². The van der Waals surface area contributed by atoms with Crippen LogP contribution in [0.1, 0.15) is 5.69 Å². The first-order chi connectivity index (χ1) is 15.1. The summed E-state index contributed by atoms with van der Waals surface area (Å²) in [5.74, 6) is -0.0465. The molecule has 0 atom stereocenters. The molecule has 1 amide bonds. The second kappa shape index (κ2) is 10.2. The van der Waals surface area contributed by atoms with Crippen molar-refractivity contribution in [3.8, 4) is 10.6 Å². The molecule has 4 rings (SSSR count). The van der Waals surface area contributed by atoms with Gasteiger partial charge in [-0.05, 0) is 43.4 Å². The van der Waals surface area contributed by atoms with Crippen LogP contribution >= 0.6 is 22.9 Å². The first kappa shape index (κ1) is 21.8. The predicted octanol–water partition coefficient (Wildman–Crippen LogP) is 4.37. The summed E-state index contributed by atoms with van der Waals surface area (Å²) in [4.78, 5) is 21.4. The molecule has 0 saturated carbocycles. The van der Waals surface area contributed by atoms with Crippen molar-refractivity contribution in [3.63, 3.8) is 0 Å². The van der Waals surface area contributed by atoms with E-state index in [-0.39, 0.29) is 5.91 Å². The molecule has 0 spiro atoms. The molecule has 0 aliphatic carbocycles. The number of hydrogen-bond donors (Lipinski definition) is 1. The molecule has 1 aromatic heterocycles. The van der Waals surface area contributed by atoms with E-state index in [4.69, 9.17) is 16.3 Å². The van der Waals surface area contributed by atoms with E-state index < -0.39 is 0 Å². The topological polar surface area (TPSA) is 57.7 Å². The number of hydrogen-bond acceptors (Lipinski definition) is 6. The Morgan fingerprint density at radius 1 is 1.16 bits per heavy atom. The number of likely N-dealkylation sites (N-methyl/N-ethyl adjacent to an activating group) is 1. The number of benzene rings is 2. The Bertz CT molecular complexity index is 1000. The van der Waals surface area contributed by atoms with E-state index in [9.17, 15) is 4.79 Å². The maximum atomic E-state index is 12.4. The molecule has 31 heavy (non-hydrogen) atoms. The lowest BCUT2D eigenvalue weighted by atomic mass is 10.2. The van der Waals surface area contributed by atoms with Gasteiger partial charge >= 0.3 is 0 Å². The van der Waals surface area contributed by atoms with Crippen LogP contribution in [0.4, 0.5) is 11.4 Å². The third-order valence-corrected chi connectivity index (χ3v) is 6.21. The molecule has 0 unspecified atom stereocenters. The highest BCUT2D eigenvalue weighted by atomic mass is 35.5. The van der Waals surface area contributed by atoms with E-state index in [1.54, 1.807) is 11.3 Å². The van der Waals surface area contributed by atoms with Gasteiger partial charge in [0, 0.05) is 47.0 Å². The fourth-order valence-electron chi connectivity index (χ4n) is 3.46. The van der Waals surface area contributed by atoms with Gasteiger partial charge in [0.25, 0.3) is 0 Å². The summed E-state index contributed by atoms with van der Waals surface area (Å²) >= 11 is 7.55. The van der Waals surface area contributed by atoms with Gasteiger partial charge in [-0.15, -0.1) is 11.3 Å². The van der Waals surface area contributed by atoms with Crippen LogP contribution in [0.15, 0.2) is 53.9 Å². The minimum atomic E-state index is -0.0465. The zero-order valence-corrected chi connectivity index (χ0v) is 19.0. The number of nitrogens with zero attached hydrogens (tertiary/aromatic N) is 3. The molecule has 3 aromatic rings. The highest BCUT2D eigenvalue weighted by Crippen LogP contribution is 2.25. The second-order valence-corrected chi connectivity index (χ2v) is 8.81. The molecule has 2 aromatic carbocycles. The first-order valence-corrected chi connectivity index (χ1v) is 11.4. The molecule has 8 heteroatoms. The summed E-state index contributed by atoms with van der Waals surface area (Å²) in [7, 11) is 1.92. The van der Waals surface area contributed by atoms with Gasteiger partial charge in [-0.3, -0.25) is 9.69 Å². The summed E-state index contributed by atoms with van der Waals surface area (Å²) < 4.78 is 5.39. The van der Waals surface area contributed by atoms with Gasteiger partial charge in [-0.2, -0.15) is 0 Å². The van der Waals surface area contributed by atoms with Crippen molar-refractivity contribution in [1.82, 2.24) is 9.88 Å². The molecular weight excluding hydrogens is 432 g/mol. The van der Waals surface area contributed by atoms with Crippen molar-refractivity contribution in [2.75, 3.05) is 50.1 Å². The smallest absolute Gasteiger partial charge is 0.238 e. The van der Waals surface area contributed by atoms with Gasteiger partial charge in [0.05, 0.1) is 25.5 Å². The van der Waals surface area contributed by atoms with Crippen molar-refractivity contribution in [2.45, 2.75) is 6.54 Å². The standard InChI is InChI=1S/C23H25ClN4O2S/c1-27(14-20-16-31-23(26-20)17-2-4-18(24)5-3-17)15-22(29)25-19-6-8-21(9-7-19)28-10-12-30-13-11-28/h2-9,16H,10-15H2,1H3,(H,25,29). The van der Waals surface area contributed by atoms with Crippen molar-refractivity contribution in [1.29, 1.82) is 0 Å². The minimum absolute atomic E-state index is 0.0465. The van der Waals surface area contributed by atoms with E-state index in [1.807, 2.05) is 65.9 Å². The van der Waals surface area contributed by atoms with Crippen molar-refractivity contribution in [3.05, 3.63) is 64.6 Å². The number of halogens is 1. The Morgan fingerprint density at radius 3 is 2.58 bits per heavy atom. The van der Waals surface area contributed by atoms with Crippen LogP contribution < -0.4 is 10.2 Å². The average Bonchev–Trinajstić information content (AvgIpc) is 3.23. The van der Waals surface area contributed by atoms with Gasteiger partial charge < -0.3 is 15.0 Å². The molecule has 1 saturated heterocycles. The van der Waals surface area contributed by atoms with Crippen molar-refractivity contribution >= 4 is 40.2 Å². The Morgan fingerprint density at radius 2 is 1.87 bits per heavy atom. The van der Waals surface area contributed by atoms with Crippen LogP contribution in [0.3, 0.4) is 0 Å². The van der Waals surface area contributed by atoms with Crippen molar-refractivity contribution in [2.24, 2.45) is 0 Å². The zero-order chi connectivity index (χ0) is 21.6. The number of carbonyl (C=O) groups is 1. The maximum Gasteiger partial charge on any atom is 0.238 e. The normalized spacial score (nSPS) is 14.1. The average molecular weight is 457 g/mol. The van der Waals surface area contributed by atoms with Crippen LogP contribution in [0.2, 0.25) is 5.02 Å². The van der Waals surface area contributed by atoms with Gasteiger partial charge in [0.2, 0.25) is 5.91 Å². The number of carbonyl (C=O) groups excluding carboxylic acids is 1. The Kier molecular flexibility index (Phi) is 7.19. The lowest BCUT2D eigenvalue weighted by Gasteiger charge is -2.28. The summed E-state index contributed by atoms with van der Waals surface area (Å²) in [5, 5.41) is 6.66. The first-order valence-electron chi connectivity index (χ1n) is 10.2.